The third-order valence-electron chi connectivity index (χ3n) is 4.33. The predicted molar refractivity (Wildman–Crippen MR) is 122 cm³/mol. The van der Waals surface area contributed by atoms with Crippen LogP contribution in [0.2, 0.25) is 10.0 Å². The molecule has 0 unspecified atom stereocenters. The third-order valence-corrected chi connectivity index (χ3v) is 5.57. The van der Waals surface area contributed by atoms with Crippen molar-refractivity contribution >= 4 is 57.0 Å². The van der Waals surface area contributed by atoms with Gasteiger partial charge in [0.1, 0.15) is 12.4 Å². The number of halogens is 3. The van der Waals surface area contributed by atoms with Crippen LogP contribution in [0, 0.1) is 0 Å². The second-order valence-corrected chi connectivity index (χ2v) is 8.13. The molecular weight excluding hydrogens is 489 g/mol. The molecule has 3 aromatic rings. The SMILES string of the molecule is O=C1N=C(c2ccc(Br)cc2)O/C1=C/c1ccc(OCc2c(Cl)cccc2Cl)cc1. The molecule has 0 aromatic heterocycles. The zero-order chi connectivity index (χ0) is 21.1. The molecule has 0 saturated carbocycles. The monoisotopic (exact) mass is 501 g/mol. The Kier molecular flexibility index (Phi) is 6.23. The molecule has 1 heterocycles. The minimum Gasteiger partial charge on any atom is -0.489 e. The molecule has 0 saturated heterocycles. The van der Waals surface area contributed by atoms with Gasteiger partial charge in [-0.25, -0.2) is 0 Å². The van der Waals surface area contributed by atoms with E-state index in [1.54, 1.807) is 36.4 Å². The maximum Gasteiger partial charge on any atom is 0.316 e. The molecule has 0 fully saturated rings. The first-order valence-electron chi connectivity index (χ1n) is 8.94. The highest BCUT2D eigenvalue weighted by molar-refractivity contribution is 9.10. The van der Waals surface area contributed by atoms with Crippen LogP contribution in [0.3, 0.4) is 0 Å². The number of amides is 1. The molecule has 1 aliphatic rings. The van der Waals surface area contributed by atoms with Gasteiger partial charge in [-0.05, 0) is 60.2 Å². The Labute approximate surface area is 191 Å². The fourth-order valence-electron chi connectivity index (χ4n) is 2.76. The quantitative estimate of drug-likeness (QED) is 0.365. The van der Waals surface area contributed by atoms with Crippen LogP contribution in [0.25, 0.3) is 6.08 Å². The van der Waals surface area contributed by atoms with Crippen molar-refractivity contribution in [2.45, 2.75) is 6.61 Å². The summed E-state index contributed by atoms with van der Waals surface area (Å²) in [6.07, 6.45) is 1.65. The van der Waals surface area contributed by atoms with E-state index in [1.165, 1.54) is 0 Å². The predicted octanol–water partition coefficient (Wildman–Crippen LogP) is 6.68. The molecule has 0 N–H and O–H groups in total. The van der Waals surface area contributed by atoms with Gasteiger partial charge >= 0.3 is 5.91 Å². The molecule has 0 radical (unpaired) electrons. The molecule has 0 atom stereocenters. The maximum atomic E-state index is 12.2. The molecule has 30 heavy (non-hydrogen) atoms. The average molecular weight is 503 g/mol. The van der Waals surface area contributed by atoms with E-state index < -0.39 is 5.91 Å². The Hall–Kier alpha value is -2.60. The average Bonchev–Trinajstić information content (AvgIpc) is 3.09. The van der Waals surface area contributed by atoms with Crippen LogP contribution < -0.4 is 4.74 Å². The summed E-state index contributed by atoms with van der Waals surface area (Å²) in [5.74, 6) is 0.694. The van der Waals surface area contributed by atoms with Gasteiger partial charge in [0.05, 0.1) is 0 Å². The Morgan fingerprint density at radius 2 is 1.63 bits per heavy atom. The lowest BCUT2D eigenvalue weighted by Crippen LogP contribution is -2.00. The fraction of sp³-hybridized carbons (Fsp3) is 0.0435. The van der Waals surface area contributed by atoms with Gasteiger partial charge in [0.15, 0.2) is 5.76 Å². The molecular formula is C23H14BrCl2NO3. The normalized spacial score (nSPS) is 14.6. The van der Waals surface area contributed by atoms with Gasteiger partial charge < -0.3 is 9.47 Å². The van der Waals surface area contributed by atoms with E-state index in [0.717, 1.165) is 21.2 Å². The molecule has 4 nitrogen and oxygen atoms in total. The van der Waals surface area contributed by atoms with E-state index in [9.17, 15) is 4.79 Å². The van der Waals surface area contributed by atoms with Crippen LogP contribution in [-0.4, -0.2) is 11.8 Å². The van der Waals surface area contributed by atoms with Gasteiger partial charge in [-0.2, -0.15) is 4.99 Å². The van der Waals surface area contributed by atoms with Crippen molar-refractivity contribution in [2.24, 2.45) is 4.99 Å². The highest BCUT2D eigenvalue weighted by Gasteiger charge is 2.23. The van der Waals surface area contributed by atoms with Crippen LogP contribution in [-0.2, 0) is 16.1 Å². The smallest absolute Gasteiger partial charge is 0.316 e. The van der Waals surface area contributed by atoms with Crippen molar-refractivity contribution in [3.05, 3.63) is 104 Å². The van der Waals surface area contributed by atoms with Crippen molar-refractivity contribution in [3.63, 3.8) is 0 Å². The van der Waals surface area contributed by atoms with E-state index in [-0.39, 0.29) is 18.3 Å². The lowest BCUT2D eigenvalue weighted by Gasteiger charge is -2.09. The van der Waals surface area contributed by atoms with E-state index in [1.807, 2.05) is 36.4 Å². The van der Waals surface area contributed by atoms with Crippen molar-refractivity contribution in [3.8, 4) is 5.75 Å². The fourth-order valence-corrected chi connectivity index (χ4v) is 3.53. The summed E-state index contributed by atoms with van der Waals surface area (Å²) in [5, 5.41) is 1.12. The summed E-state index contributed by atoms with van der Waals surface area (Å²) in [6, 6.07) is 20.0. The molecule has 0 spiro atoms. The molecule has 4 rings (SSSR count). The summed E-state index contributed by atoms with van der Waals surface area (Å²) >= 11 is 15.7. The lowest BCUT2D eigenvalue weighted by molar-refractivity contribution is -0.115. The summed E-state index contributed by atoms with van der Waals surface area (Å²) in [4.78, 5) is 16.2. The molecule has 0 aliphatic carbocycles. The van der Waals surface area contributed by atoms with Gasteiger partial charge in [0.25, 0.3) is 0 Å². The van der Waals surface area contributed by atoms with Gasteiger partial charge in [-0.3, -0.25) is 4.79 Å². The molecule has 7 heteroatoms. The summed E-state index contributed by atoms with van der Waals surface area (Å²) in [6.45, 7) is 0.255. The van der Waals surface area contributed by atoms with Crippen molar-refractivity contribution in [1.29, 1.82) is 0 Å². The number of hydrogen-bond donors (Lipinski definition) is 0. The van der Waals surface area contributed by atoms with Gasteiger partial charge in [0.2, 0.25) is 5.90 Å². The minimum atomic E-state index is -0.415. The first-order chi connectivity index (χ1) is 14.5. The van der Waals surface area contributed by atoms with E-state index >= 15 is 0 Å². The second kappa shape index (κ2) is 9.04. The summed E-state index contributed by atoms with van der Waals surface area (Å²) in [7, 11) is 0. The lowest BCUT2D eigenvalue weighted by atomic mass is 10.2. The van der Waals surface area contributed by atoms with Crippen LogP contribution in [0.4, 0.5) is 0 Å². The van der Waals surface area contributed by atoms with Crippen molar-refractivity contribution < 1.29 is 14.3 Å². The van der Waals surface area contributed by atoms with Crippen LogP contribution in [0.5, 0.6) is 5.75 Å². The number of aliphatic imine (C=N–C) groups is 1. The highest BCUT2D eigenvalue weighted by Crippen LogP contribution is 2.26. The summed E-state index contributed by atoms with van der Waals surface area (Å²) in [5.41, 5.74) is 2.25. The maximum absolute atomic E-state index is 12.2. The van der Waals surface area contributed by atoms with E-state index in [2.05, 4.69) is 20.9 Å². The van der Waals surface area contributed by atoms with Crippen LogP contribution in [0.1, 0.15) is 16.7 Å². The number of rotatable bonds is 5. The number of benzene rings is 3. The van der Waals surface area contributed by atoms with Crippen LogP contribution >= 0.6 is 39.1 Å². The third kappa shape index (κ3) is 4.75. The minimum absolute atomic E-state index is 0.171. The Morgan fingerprint density at radius 1 is 0.967 bits per heavy atom. The number of carbonyl (C=O) groups is 1. The van der Waals surface area contributed by atoms with Gasteiger partial charge in [0, 0.05) is 25.6 Å². The molecule has 3 aromatic carbocycles. The first-order valence-corrected chi connectivity index (χ1v) is 10.5. The van der Waals surface area contributed by atoms with Crippen molar-refractivity contribution in [1.82, 2.24) is 0 Å². The Morgan fingerprint density at radius 3 is 2.30 bits per heavy atom. The Bertz CT molecular complexity index is 1140. The zero-order valence-electron chi connectivity index (χ0n) is 15.4. The highest BCUT2D eigenvalue weighted by atomic mass is 79.9. The number of hydrogen-bond acceptors (Lipinski definition) is 3. The molecule has 150 valence electrons. The van der Waals surface area contributed by atoms with E-state index in [4.69, 9.17) is 32.7 Å². The van der Waals surface area contributed by atoms with Crippen molar-refractivity contribution in [2.75, 3.05) is 0 Å². The number of carbonyl (C=O) groups excluding carboxylic acids is 1. The largest absolute Gasteiger partial charge is 0.489 e. The van der Waals surface area contributed by atoms with Crippen LogP contribution in [0.15, 0.2) is 82.0 Å². The number of ether oxygens (including phenoxy) is 2. The Balaban J connectivity index is 1.43. The van der Waals surface area contributed by atoms with E-state index in [0.29, 0.717) is 15.8 Å². The molecule has 1 aliphatic heterocycles. The first kappa shape index (κ1) is 20.7. The standard InChI is InChI=1S/C23H14BrCl2NO3/c24-16-8-6-15(7-9-16)23-27-22(28)21(30-23)12-14-4-10-17(11-5-14)29-13-18-19(25)2-1-3-20(18)26/h1-12H,13H2/b21-12+. The second-order valence-electron chi connectivity index (χ2n) is 6.40. The number of nitrogens with zero attached hydrogens (tertiary/aromatic N) is 1. The topological polar surface area (TPSA) is 47.9 Å². The zero-order valence-corrected chi connectivity index (χ0v) is 18.5. The van der Waals surface area contributed by atoms with Gasteiger partial charge in [-0.1, -0.05) is 57.3 Å². The molecule has 0 bridgehead atoms. The summed E-state index contributed by atoms with van der Waals surface area (Å²) < 4.78 is 12.4. The molecule has 1 amide bonds. The van der Waals surface area contributed by atoms with Gasteiger partial charge in [-0.15, -0.1) is 0 Å².